The Kier molecular flexibility index (Phi) is 5.00. The zero-order valence-electron chi connectivity index (χ0n) is 12.7. The van der Waals surface area contributed by atoms with Gasteiger partial charge in [0.1, 0.15) is 4.21 Å². The van der Waals surface area contributed by atoms with Gasteiger partial charge in [-0.25, -0.2) is 8.42 Å². The van der Waals surface area contributed by atoms with Crippen LogP contribution in [0, 0.1) is 13.8 Å². The highest BCUT2D eigenvalue weighted by atomic mass is 32.2. The van der Waals surface area contributed by atoms with Gasteiger partial charge in [-0.05, 0) is 36.4 Å². The molecule has 2 rings (SSSR count). The number of anilines is 1. The summed E-state index contributed by atoms with van der Waals surface area (Å²) < 4.78 is 25.8. The number of aryl methyl sites for hydroxylation is 2. The van der Waals surface area contributed by atoms with E-state index in [-0.39, 0.29) is 16.7 Å². The van der Waals surface area contributed by atoms with Crippen molar-refractivity contribution in [3.8, 4) is 0 Å². The van der Waals surface area contributed by atoms with Gasteiger partial charge in [0.05, 0.1) is 6.54 Å². The summed E-state index contributed by atoms with van der Waals surface area (Å²) in [6.45, 7) is 3.57. The van der Waals surface area contributed by atoms with Crippen LogP contribution >= 0.6 is 11.3 Å². The number of benzene rings is 1. The lowest BCUT2D eigenvalue weighted by molar-refractivity contribution is -0.116. The largest absolute Gasteiger partial charge is 0.324 e. The molecular weight excluding hydrogens is 320 g/mol. The second-order valence-corrected chi connectivity index (χ2v) is 8.23. The predicted octanol–water partition coefficient (Wildman–Crippen LogP) is 2.62. The molecule has 1 heterocycles. The lowest BCUT2D eigenvalue weighted by Crippen LogP contribution is -2.34. The van der Waals surface area contributed by atoms with Crippen LogP contribution in [0.3, 0.4) is 0 Å². The van der Waals surface area contributed by atoms with Gasteiger partial charge in [-0.15, -0.1) is 11.3 Å². The molecule has 0 aliphatic heterocycles. The van der Waals surface area contributed by atoms with Crippen LogP contribution in [0.15, 0.2) is 39.9 Å². The van der Waals surface area contributed by atoms with Gasteiger partial charge in [-0.2, -0.15) is 4.31 Å². The van der Waals surface area contributed by atoms with Gasteiger partial charge >= 0.3 is 0 Å². The lowest BCUT2D eigenvalue weighted by Gasteiger charge is -2.17. The third-order valence-electron chi connectivity index (χ3n) is 3.27. The van der Waals surface area contributed by atoms with Crippen molar-refractivity contribution in [2.45, 2.75) is 18.1 Å². The maximum atomic E-state index is 12.3. The first-order valence-corrected chi connectivity index (χ1v) is 9.00. The molecular formula is C15H18N2O3S2. The van der Waals surface area contributed by atoms with E-state index in [1.807, 2.05) is 32.0 Å². The van der Waals surface area contributed by atoms with Crippen molar-refractivity contribution in [1.82, 2.24) is 4.31 Å². The number of hydrogen-bond donors (Lipinski definition) is 1. The highest BCUT2D eigenvalue weighted by Crippen LogP contribution is 2.21. The molecule has 0 atom stereocenters. The fraction of sp³-hybridized carbons (Fsp3) is 0.267. The maximum absolute atomic E-state index is 12.3. The lowest BCUT2D eigenvalue weighted by atomic mass is 10.1. The Morgan fingerprint density at radius 1 is 1.18 bits per heavy atom. The van der Waals surface area contributed by atoms with E-state index in [4.69, 9.17) is 0 Å². The molecule has 7 heteroatoms. The number of sulfonamides is 1. The molecule has 0 aliphatic carbocycles. The van der Waals surface area contributed by atoms with Crippen LogP contribution in [-0.2, 0) is 14.8 Å². The molecule has 118 valence electrons. The summed E-state index contributed by atoms with van der Waals surface area (Å²) in [5.41, 5.74) is 2.61. The number of amides is 1. The van der Waals surface area contributed by atoms with Crippen molar-refractivity contribution in [3.05, 3.63) is 46.8 Å². The third kappa shape index (κ3) is 3.55. The van der Waals surface area contributed by atoms with Crippen LogP contribution in [0.4, 0.5) is 5.69 Å². The molecule has 0 saturated carbocycles. The molecule has 5 nitrogen and oxygen atoms in total. The van der Waals surface area contributed by atoms with E-state index in [9.17, 15) is 13.2 Å². The van der Waals surface area contributed by atoms with Gasteiger partial charge in [0.2, 0.25) is 5.91 Å². The van der Waals surface area contributed by atoms with Crippen molar-refractivity contribution >= 4 is 33.0 Å². The highest BCUT2D eigenvalue weighted by molar-refractivity contribution is 7.91. The number of hydrogen-bond acceptors (Lipinski definition) is 4. The van der Waals surface area contributed by atoms with E-state index in [0.29, 0.717) is 0 Å². The Morgan fingerprint density at radius 2 is 1.82 bits per heavy atom. The quantitative estimate of drug-likeness (QED) is 0.911. The van der Waals surface area contributed by atoms with Crippen LogP contribution in [0.2, 0.25) is 0 Å². The molecule has 0 fully saturated rings. The molecule has 22 heavy (non-hydrogen) atoms. The second kappa shape index (κ2) is 6.60. The minimum Gasteiger partial charge on any atom is -0.324 e. The molecule has 1 N–H and O–H groups in total. The van der Waals surface area contributed by atoms with E-state index in [0.717, 1.165) is 32.5 Å². The molecule has 2 aromatic rings. The average molecular weight is 338 g/mol. The van der Waals surface area contributed by atoms with Crippen molar-refractivity contribution in [1.29, 1.82) is 0 Å². The Balaban J connectivity index is 2.09. The van der Waals surface area contributed by atoms with Crippen LogP contribution in [0.5, 0.6) is 0 Å². The summed E-state index contributed by atoms with van der Waals surface area (Å²) in [5, 5.41) is 4.48. The van der Waals surface area contributed by atoms with E-state index in [2.05, 4.69) is 5.32 Å². The monoisotopic (exact) mass is 338 g/mol. The number of carbonyl (C=O) groups excluding carboxylic acids is 1. The minimum atomic E-state index is -3.61. The molecule has 1 amide bonds. The fourth-order valence-corrected chi connectivity index (χ4v) is 4.37. The van der Waals surface area contributed by atoms with Gasteiger partial charge < -0.3 is 5.32 Å². The van der Waals surface area contributed by atoms with Crippen molar-refractivity contribution in [2.75, 3.05) is 18.9 Å². The molecule has 0 saturated heterocycles. The smallest absolute Gasteiger partial charge is 0.252 e. The van der Waals surface area contributed by atoms with Crippen molar-refractivity contribution < 1.29 is 13.2 Å². The van der Waals surface area contributed by atoms with Crippen LogP contribution in [0.1, 0.15) is 11.1 Å². The highest BCUT2D eigenvalue weighted by Gasteiger charge is 2.24. The van der Waals surface area contributed by atoms with Gasteiger partial charge in [0.15, 0.2) is 0 Å². The average Bonchev–Trinajstić information content (AvgIpc) is 2.97. The summed E-state index contributed by atoms with van der Waals surface area (Å²) in [7, 11) is -2.21. The number of nitrogens with zero attached hydrogens (tertiary/aromatic N) is 1. The first kappa shape index (κ1) is 16.7. The van der Waals surface area contributed by atoms with E-state index < -0.39 is 10.0 Å². The van der Waals surface area contributed by atoms with Gasteiger partial charge in [-0.3, -0.25) is 4.79 Å². The summed E-state index contributed by atoms with van der Waals surface area (Å²) in [6.07, 6.45) is 0. The number of carbonyl (C=O) groups is 1. The van der Waals surface area contributed by atoms with Gasteiger partial charge in [-0.1, -0.05) is 24.3 Å². The Labute approximate surface area is 134 Å². The first-order valence-electron chi connectivity index (χ1n) is 6.68. The van der Waals surface area contributed by atoms with Crippen LogP contribution in [-0.4, -0.2) is 32.2 Å². The van der Waals surface area contributed by atoms with Gasteiger partial charge in [0.25, 0.3) is 10.0 Å². The first-order chi connectivity index (χ1) is 10.3. The number of nitrogens with one attached hydrogen (secondary N) is 1. The van der Waals surface area contributed by atoms with Crippen LogP contribution < -0.4 is 5.32 Å². The third-order valence-corrected chi connectivity index (χ3v) is 6.45. The molecule has 0 radical (unpaired) electrons. The summed E-state index contributed by atoms with van der Waals surface area (Å²) in [6, 6.07) is 8.90. The SMILES string of the molecule is Cc1cccc(C)c1NC(=O)CN(C)S(=O)(=O)c1cccs1. The number of para-hydroxylation sites is 1. The fourth-order valence-electron chi connectivity index (χ4n) is 2.04. The Hall–Kier alpha value is -1.70. The molecule has 1 aromatic heterocycles. The summed E-state index contributed by atoms with van der Waals surface area (Å²) in [4.78, 5) is 12.1. The normalized spacial score (nSPS) is 11.6. The van der Waals surface area contributed by atoms with Crippen LogP contribution in [0.25, 0.3) is 0 Å². The number of likely N-dealkylation sites (N-methyl/N-ethyl adjacent to an activating group) is 1. The Morgan fingerprint density at radius 3 is 2.36 bits per heavy atom. The van der Waals surface area contributed by atoms with E-state index >= 15 is 0 Å². The molecule has 0 bridgehead atoms. The topological polar surface area (TPSA) is 66.5 Å². The van der Waals surface area contributed by atoms with E-state index in [1.165, 1.54) is 13.1 Å². The summed E-state index contributed by atoms with van der Waals surface area (Å²) in [5.74, 6) is -0.361. The second-order valence-electron chi connectivity index (χ2n) is 5.01. The zero-order chi connectivity index (χ0) is 16.3. The molecule has 1 aromatic carbocycles. The van der Waals surface area contributed by atoms with E-state index in [1.54, 1.807) is 11.4 Å². The molecule has 0 unspecified atom stereocenters. The predicted molar refractivity (Wildman–Crippen MR) is 88.7 cm³/mol. The minimum absolute atomic E-state index is 0.228. The van der Waals surface area contributed by atoms with Crippen molar-refractivity contribution in [2.24, 2.45) is 0 Å². The summed E-state index contributed by atoms with van der Waals surface area (Å²) >= 11 is 1.13. The standard InChI is InChI=1S/C15H18N2O3S2/c1-11-6-4-7-12(2)15(11)16-13(18)10-17(3)22(19,20)14-8-5-9-21-14/h4-9H,10H2,1-3H3,(H,16,18). The van der Waals surface area contributed by atoms with Gasteiger partial charge in [0, 0.05) is 12.7 Å². The number of rotatable bonds is 5. The maximum Gasteiger partial charge on any atom is 0.252 e. The molecule has 0 spiro atoms. The zero-order valence-corrected chi connectivity index (χ0v) is 14.3. The Bertz CT molecular complexity index is 748. The molecule has 0 aliphatic rings. The number of thiophene rings is 1. The van der Waals surface area contributed by atoms with Crippen molar-refractivity contribution in [3.63, 3.8) is 0 Å².